The number of para-hydroxylation sites is 1. The van der Waals surface area contributed by atoms with E-state index < -0.39 is 0 Å². The van der Waals surface area contributed by atoms with Crippen LogP contribution >= 0.6 is 11.8 Å². The predicted octanol–water partition coefficient (Wildman–Crippen LogP) is 4.64. The first-order valence-electron chi connectivity index (χ1n) is 9.88. The maximum atomic E-state index is 13.4. The number of hydrogen-bond acceptors (Lipinski definition) is 5. The monoisotopic (exact) mass is 428 g/mol. The smallest absolute Gasteiger partial charge is 0.273 e. The SMILES string of the molecule is CSc1ccc([C@H]2c3c(-c4ccccc4O)n[nH]c3C(=O)N2Cc2cccnc2)cc1. The minimum absolute atomic E-state index is 0.119. The first-order valence-corrected chi connectivity index (χ1v) is 11.1. The molecule has 1 atom stereocenters. The number of phenols is 1. The van der Waals surface area contributed by atoms with Crippen molar-refractivity contribution in [1.82, 2.24) is 20.1 Å². The molecule has 0 unspecified atom stereocenters. The number of nitrogens with zero attached hydrogens (tertiary/aromatic N) is 3. The molecular weight excluding hydrogens is 408 g/mol. The molecule has 1 amide bonds. The summed E-state index contributed by atoms with van der Waals surface area (Å²) in [5.74, 6) is 0.0124. The van der Waals surface area contributed by atoms with Crippen molar-refractivity contribution in [3.8, 4) is 17.0 Å². The van der Waals surface area contributed by atoms with Crippen molar-refractivity contribution in [3.05, 3.63) is 95.4 Å². The molecule has 0 spiro atoms. The number of carbonyl (C=O) groups is 1. The van der Waals surface area contributed by atoms with E-state index in [0.717, 1.165) is 21.6 Å². The number of pyridine rings is 1. The molecule has 1 aliphatic heterocycles. The quantitative estimate of drug-likeness (QED) is 0.453. The summed E-state index contributed by atoms with van der Waals surface area (Å²) in [6.45, 7) is 0.421. The largest absolute Gasteiger partial charge is 0.507 e. The summed E-state index contributed by atoms with van der Waals surface area (Å²) in [4.78, 5) is 20.6. The van der Waals surface area contributed by atoms with Crippen molar-refractivity contribution in [2.24, 2.45) is 0 Å². The summed E-state index contributed by atoms with van der Waals surface area (Å²) < 4.78 is 0. The minimum Gasteiger partial charge on any atom is -0.507 e. The molecule has 3 heterocycles. The third-order valence-corrected chi connectivity index (χ3v) is 6.27. The zero-order valence-corrected chi connectivity index (χ0v) is 17.6. The van der Waals surface area contributed by atoms with Crippen molar-refractivity contribution in [2.45, 2.75) is 17.5 Å². The number of amides is 1. The van der Waals surface area contributed by atoms with Crippen LogP contribution in [0.1, 0.15) is 33.2 Å². The number of phenolic OH excluding ortho intramolecular Hbond substituents is 1. The average molecular weight is 429 g/mol. The zero-order chi connectivity index (χ0) is 21.4. The summed E-state index contributed by atoms with van der Waals surface area (Å²) in [6.07, 6.45) is 5.53. The van der Waals surface area contributed by atoms with Crippen LogP contribution in [0.5, 0.6) is 5.75 Å². The van der Waals surface area contributed by atoms with E-state index in [4.69, 9.17) is 0 Å². The number of rotatable bonds is 5. The standard InChI is InChI=1S/C24H20N4O2S/c1-31-17-10-8-16(9-11-17)23-20-21(18-6-2-3-7-19(18)29)26-27-22(20)24(30)28(23)14-15-5-4-12-25-13-15/h2-13,23,29H,14H2,1H3,(H,26,27)/t23-/m0/s1. The molecule has 31 heavy (non-hydrogen) atoms. The van der Waals surface area contributed by atoms with E-state index in [-0.39, 0.29) is 17.7 Å². The topological polar surface area (TPSA) is 82.1 Å². The molecule has 0 bridgehead atoms. The second-order valence-electron chi connectivity index (χ2n) is 7.35. The zero-order valence-electron chi connectivity index (χ0n) is 16.8. The van der Waals surface area contributed by atoms with Gasteiger partial charge >= 0.3 is 0 Å². The van der Waals surface area contributed by atoms with Gasteiger partial charge in [-0.15, -0.1) is 11.8 Å². The number of aromatic amines is 1. The lowest BCUT2D eigenvalue weighted by Gasteiger charge is -2.26. The lowest BCUT2D eigenvalue weighted by atomic mass is 9.95. The van der Waals surface area contributed by atoms with Gasteiger partial charge in [-0.2, -0.15) is 5.10 Å². The van der Waals surface area contributed by atoms with E-state index in [9.17, 15) is 9.90 Å². The van der Waals surface area contributed by atoms with Crippen molar-refractivity contribution in [1.29, 1.82) is 0 Å². The molecule has 0 saturated heterocycles. The summed E-state index contributed by atoms with van der Waals surface area (Å²) in [7, 11) is 0. The Morgan fingerprint density at radius 1 is 1.10 bits per heavy atom. The number of aromatic hydroxyl groups is 1. The van der Waals surface area contributed by atoms with Crippen LogP contribution in [0.25, 0.3) is 11.3 Å². The lowest BCUT2D eigenvalue weighted by molar-refractivity contribution is 0.0730. The van der Waals surface area contributed by atoms with Crippen molar-refractivity contribution in [2.75, 3.05) is 6.26 Å². The number of hydrogen-bond donors (Lipinski definition) is 2. The van der Waals surface area contributed by atoms with Crippen LogP contribution in [0.3, 0.4) is 0 Å². The molecule has 2 aromatic carbocycles. The van der Waals surface area contributed by atoms with Crippen LogP contribution in [0.2, 0.25) is 0 Å². The molecule has 6 nitrogen and oxygen atoms in total. The highest BCUT2D eigenvalue weighted by molar-refractivity contribution is 7.98. The number of benzene rings is 2. The highest BCUT2D eigenvalue weighted by Gasteiger charge is 2.42. The van der Waals surface area contributed by atoms with E-state index in [1.807, 2.05) is 35.4 Å². The van der Waals surface area contributed by atoms with Gasteiger partial charge in [0.1, 0.15) is 17.1 Å². The summed E-state index contributed by atoms with van der Waals surface area (Å²) in [6, 6.07) is 18.8. The number of fused-ring (bicyclic) bond motifs is 1. The van der Waals surface area contributed by atoms with Crippen LogP contribution in [0.4, 0.5) is 0 Å². The Hall–Kier alpha value is -3.58. The van der Waals surface area contributed by atoms with E-state index >= 15 is 0 Å². The molecule has 0 radical (unpaired) electrons. The number of aromatic nitrogens is 3. The van der Waals surface area contributed by atoms with Crippen LogP contribution in [0, 0.1) is 0 Å². The Bertz CT molecular complexity index is 1240. The van der Waals surface area contributed by atoms with Gasteiger partial charge in [0.25, 0.3) is 5.91 Å². The first-order chi connectivity index (χ1) is 15.2. The number of thioether (sulfide) groups is 1. The van der Waals surface area contributed by atoms with Crippen LogP contribution in [-0.2, 0) is 6.54 Å². The molecule has 0 saturated carbocycles. The Balaban J connectivity index is 1.66. The van der Waals surface area contributed by atoms with Crippen LogP contribution < -0.4 is 0 Å². The Kier molecular flexibility index (Phi) is 4.95. The van der Waals surface area contributed by atoms with E-state index in [0.29, 0.717) is 23.5 Å². The normalized spacial score (nSPS) is 15.3. The summed E-state index contributed by atoms with van der Waals surface area (Å²) in [5.41, 5.74) is 4.37. The van der Waals surface area contributed by atoms with Gasteiger partial charge in [-0.05, 0) is 47.7 Å². The highest BCUT2D eigenvalue weighted by atomic mass is 32.2. The number of H-pyrrole nitrogens is 1. The van der Waals surface area contributed by atoms with Gasteiger partial charge in [-0.1, -0.05) is 30.3 Å². The molecule has 4 aromatic rings. The predicted molar refractivity (Wildman–Crippen MR) is 120 cm³/mol. The highest BCUT2D eigenvalue weighted by Crippen LogP contribution is 2.45. The third kappa shape index (κ3) is 3.37. The first kappa shape index (κ1) is 19.4. The molecule has 7 heteroatoms. The van der Waals surface area contributed by atoms with E-state index in [1.54, 1.807) is 36.3 Å². The van der Waals surface area contributed by atoms with Crippen molar-refractivity contribution < 1.29 is 9.90 Å². The second-order valence-corrected chi connectivity index (χ2v) is 8.23. The molecule has 5 rings (SSSR count). The lowest BCUT2D eigenvalue weighted by Crippen LogP contribution is -2.29. The van der Waals surface area contributed by atoms with Crippen molar-refractivity contribution in [3.63, 3.8) is 0 Å². The molecule has 0 aliphatic carbocycles. The molecule has 154 valence electrons. The fourth-order valence-corrected chi connectivity index (χ4v) is 4.47. The van der Waals surface area contributed by atoms with Gasteiger partial charge in [0.05, 0.1) is 6.04 Å². The number of carbonyl (C=O) groups excluding carboxylic acids is 1. The summed E-state index contributed by atoms with van der Waals surface area (Å²) >= 11 is 1.67. The fraction of sp³-hybridized carbons (Fsp3) is 0.125. The van der Waals surface area contributed by atoms with Gasteiger partial charge in [0.2, 0.25) is 0 Å². The van der Waals surface area contributed by atoms with E-state index in [1.165, 1.54) is 0 Å². The number of nitrogens with one attached hydrogen (secondary N) is 1. The van der Waals surface area contributed by atoms with Gasteiger partial charge in [-0.3, -0.25) is 14.9 Å². The molecular formula is C24H20N4O2S. The van der Waals surface area contributed by atoms with Gasteiger partial charge in [0.15, 0.2) is 0 Å². The second kappa shape index (κ2) is 7.92. The Labute approximate surface area is 184 Å². The van der Waals surface area contributed by atoms with Gasteiger partial charge < -0.3 is 10.0 Å². The molecule has 0 fully saturated rings. The average Bonchev–Trinajstić information content (AvgIpc) is 3.34. The van der Waals surface area contributed by atoms with Crippen molar-refractivity contribution >= 4 is 17.7 Å². The van der Waals surface area contributed by atoms with Crippen LogP contribution in [0.15, 0.2) is 78.0 Å². The van der Waals surface area contributed by atoms with E-state index in [2.05, 4.69) is 39.4 Å². The van der Waals surface area contributed by atoms with Gasteiger partial charge in [-0.25, -0.2) is 0 Å². The maximum Gasteiger partial charge on any atom is 0.273 e. The Morgan fingerprint density at radius 2 is 1.90 bits per heavy atom. The Morgan fingerprint density at radius 3 is 2.61 bits per heavy atom. The summed E-state index contributed by atoms with van der Waals surface area (Å²) in [5, 5.41) is 17.8. The van der Waals surface area contributed by atoms with Gasteiger partial charge in [0, 0.05) is 35.0 Å². The molecule has 1 aliphatic rings. The minimum atomic E-state index is -0.327. The third-order valence-electron chi connectivity index (χ3n) is 5.53. The molecule has 2 N–H and O–H groups in total. The van der Waals surface area contributed by atoms with Crippen LogP contribution in [-0.4, -0.2) is 37.4 Å². The maximum absolute atomic E-state index is 13.4. The molecule has 2 aromatic heterocycles. The fourth-order valence-electron chi connectivity index (χ4n) is 4.06.